The van der Waals surface area contributed by atoms with Crippen LogP contribution in [-0.2, 0) is 119 Å². The van der Waals surface area contributed by atoms with Gasteiger partial charge in [0.25, 0.3) is 0 Å². The van der Waals surface area contributed by atoms with Crippen LogP contribution in [0.4, 0.5) is 0 Å². The van der Waals surface area contributed by atoms with Gasteiger partial charge in [-0.1, -0.05) is 191 Å². The van der Waals surface area contributed by atoms with Gasteiger partial charge in [-0.3, -0.25) is 0 Å². The van der Waals surface area contributed by atoms with Crippen LogP contribution in [-0.4, -0.2) is 39.9 Å². The van der Waals surface area contributed by atoms with Crippen LogP contribution in [0.2, 0.25) is 0 Å². The molecule has 0 spiro atoms. The average Bonchev–Trinajstić information content (AvgIpc) is 1.69. The van der Waals surface area contributed by atoms with Gasteiger partial charge in [-0.25, -0.2) is 0 Å². The summed E-state index contributed by atoms with van der Waals surface area (Å²) in [5.41, 5.74) is 37.3. The molecule has 3 aliphatic rings. The van der Waals surface area contributed by atoms with E-state index in [-0.39, 0.29) is 80.4 Å². The minimum absolute atomic E-state index is 0. The van der Waals surface area contributed by atoms with Crippen LogP contribution in [0.5, 0.6) is 0 Å². The number of hydrogen-bond acceptors (Lipinski definition) is 8. The Balaban J connectivity index is 0.000000140. The number of benzene rings is 12. The van der Waals surface area contributed by atoms with E-state index in [1.807, 2.05) is 311 Å². The Morgan fingerprint density at radius 1 is 0.182 bits per heavy atom. The van der Waals surface area contributed by atoms with Gasteiger partial charge in [-0.2, -0.15) is 0 Å². The standard InChI is InChI=1S/C18H14N.3C17H12N.2C15H14N.C14H12N.C12H10N.4Ir/c1-14-7-9-15(10-8-14)17-11-12-19-18(13-17)16-5-3-2-4-6-16;3*1-3-7-14(8-4-1)16-11-12-18-17(13-16)15-9-5-2-6-10-15;1-2-7-13(8-3-1)15-14-9-5-4-6-12(14)10-11-16-15;1-2-6-12(7-3-1)15-10-13-8-4-5-9-14(13)11-16-15;1-2-5-12(6-3-1)14-13-8-4-7-11(13)9-10-15-14;1-10-7-8-12(13-9-10)11-5-3-2-4-6-11;;;;/h2-5,7-13H,1H3;3*1-9,11-13H;1-3,7,10-11H,4-6,9H2;1-3,6,10-11H,4-5,8-9H2;1-3,5,9-10H,4,7-8H2;2-5,7-9H,1H3;;;;/q8*-1;;;;. The molecule has 0 bridgehead atoms. The second-order valence-electron chi connectivity index (χ2n) is 32.3. The first-order valence-corrected chi connectivity index (χ1v) is 45.5. The quantitative estimate of drug-likeness (QED) is 0.111. The number of rotatable bonds is 12. The van der Waals surface area contributed by atoms with E-state index < -0.39 is 0 Å². The van der Waals surface area contributed by atoms with Gasteiger partial charge in [0.15, 0.2) is 0 Å². The van der Waals surface area contributed by atoms with Crippen molar-refractivity contribution in [3.05, 3.63) is 531 Å². The summed E-state index contributed by atoms with van der Waals surface area (Å²) in [6.07, 6.45) is 28.8. The Bertz CT molecular complexity index is 6480. The molecule has 0 amide bonds. The van der Waals surface area contributed by atoms with Crippen molar-refractivity contribution in [1.29, 1.82) is 0 Å². The van der Waals surface area contributed by atoms with Crippen molar-refractivity contribution >= 4 is 0 Å². The average molecular weight is 2480 g/mol. The summed E-state index contributed by atoms with van der Waals surface area (Å²) in [6, 6.07) is 156. The predicted molar refractivity (Wildman–Crippen MR) is 545 cm³/mol. The molecule has 0 fully saturated rings. The van der Waals surface area contributed by atoms with Crippen molar-refractivity contribution in [2.24, 2.45) is 0 Å². The number of hydrogen-bond donors (Lipinski definition) is 0. The number of aryl methyl sites for hydroxylation is 6. The van der Waals surface area contributed by atoms with E-state index in [0.29, 0.717) is 0 Å². The molecule has 23 rings (SSSR count). The molecule has 0 N–H and O–H groups in total. The van der Waals surface area contributed by atoms with E-state index in [1.165, 1.54) is 160 Å². The monoisotopic (exact) mass is 2480 g/mol. The molecule has 20 aromatic rings. The van der Waals surface area contributed by atoms with Crippen molar-refractivity contribution in [1.82, 2.24) is 39.9 Å². The molecule has 0 saturated carbocycles. The van der Waals surface area contributed by atoms with E-state index in [0.717, 1.165) is 90.1 Å². The third-order valence-corrected chi connectivity index (χ3v) is 23.0. The smallest absolute Gasteiger partial charge is 0.0195 e. The molecule has 12 heteroatoms. The molecule has 12 aromatic carbocycles. The molecule has 0 aliphatic heterocycles. The summed E-state index contributed by atoms with van der Waals surface area (Å²) in [6.45, 7) is 4.13. The van der Waals surface area contributed by atoms with Gasteiger partial charge in [-0.15, -0.1) is 287 Å². The summed E-state index contributed by atoms with van der Waals surface area (Å²) in [5, 5.41) is 0. The van der Waals surface area contributed by atoms with Crippen molar-refractivity contribution < 1.29 is 80.4 Å². The third-order valence-electron chi connectivity index (χ3n) is 23.0. The summed E-state index contributed by atoms with van der Waals surface area (Å²) in [4.78, 5) is 35.5. The largest absolute Gasteiger partial charge is 0.305 e. The molecule has 137 heavy (non-hydrogen) atoms. The second kappa shape index (κ2) is 54.8. The summed E-state index contributed by atoms with van der Waals surface area (Å²) in [5.74, 6) is 0. The minimum Gasteiger partial charge on any atom is -0.305 e. The number of nitrogens with zero attached hydrogens (tertiary/aromatic N) is 8. The first-order valence-electron chi connectivity index (χ1n) is 45.5. The van der Waals surface area contributed by atoms with Gasteiger partial charge < -0.3 is 39.9 Å². The number of fused-ring (bicyclic) bond motifs is 3. The maximum Gasteiger partial charge on any atom is 0.0195 e. The Morgan fingerprint density at radius 3 is 0.788 bits per heavy atom. The van der Waals surface area contributed by atoms with E-state index in [4.69, 9.17) is 0 Å². The zero-order valence-electron chi connectivity index (χ0n) is 76.3. The zero-order valence-corrected chi connectivity index (χ0v) is 85.8. The normalized spacial score (nSPS) is 11.3. The summed E-state index contributed by atoms with van der Waals surface area (Å²) < 4.78 is 0. The van der Waals surface area contributed by atoms with Crippen molar-refractivity contribution in [3.8, 4) is 135 Å². The van der Waals surface area contributed by atoms with Gasteiger partial charge >= 0.3 is 0 Å². The fourth-order valence-electron chi connectivity index (χ4n) is 16.1. The molecule has 8 aromatic heterocycles. The first-order chi connectivity index (χ1) is 65.8. The topological polar surface area (TPSA) is 103 Å². The summed E-state index contributed by atoms with van der Waals surface area (Å²) in [7, 11) is 0. The van der Waals surface area contributed by atoms with Gasteiger partial charge in [0, 0.05) is 130 Å². The molecule has 8 nitrogen and oxygen atoms in total. The second-order valence-corrected chi connectivity index (χ2v) is 32.3. The van der Waals surface area contributed by atoms with Crippen LogP contribution < -0.4 is 0 Å². The SMILES string of the molecule is Cc1ccc(-c2[c-]cccc2)nc1.Cc1ccc(-c2ccnc(-c3[c-]cccc3)c2)cc1.[Ir].[Ir].[Ir].[Ir].[c-]1ccccc1-c1cc(-c2ccccc2)ccn1.[c-]1ccccc1-c1cc(-c2ccccc2)ccn1.[c-]1ccccc1-c1cc(-c2ccccc2)ccn1.[c-]1ccccc1-c1cc2c(cn1)CCCC2.[c-]1ccccc1-c1nccc2c1CCC2.[c-]1ccccc1-c1nccc2c1CCCC2. The van der Waals surface area contributed by atoms with Gasteiger partial charge in [0.05, 0.1) is 0 Å². The predicted octanol–water partition coefficient (Wildman–Crippen LogP) is 29.9. The molecular formula is C125H100Ir4N8-8. The number of pyridine rings is 8. The molecule has 8 heterocycles. The van der Waals surface area contributed by atoms with Crippen LogP contribution in [0.25, 0.3) is 135 Å². The Hall–Kier alpha value is -13.6. The fraction of sp³-hybridized carbons (Fsp3) is 0.104. The van der Waals surface area contributed by atoms with Gasteiger partial charge in [-0.05, 0) is 222 Å². The first kappa shape index (κ1) is 102. The molecule has 0 atom stereocenters. The van der Waals surface area contributed by atoms with Crippen molar-refractivity contribution in [2.75, 3.05) is 0 Å². The van der Waals surface area contributed by atoms with Crippen LogP contribution in [0.1, 0.15) is 76.6 Å². The molecule has 0 unspecified atom stereocenters. The third kappa shape index (κ3) is 30.0. The van der Waals surface area contributed by atoms with Crippen LogP contribution >= 0.6 is 0 Å². The Kier molecular flexibility index (Phi) is 41.0. The van der Waals surface area contributed by atoms with E-state index in [9.17, 15) is 0 Å². The van der Waals surface area contributed by atoms with E-state index in [2.05, 4.69) is 229 Å². The molecule has 684 valence electrons. The fourth-order valence-corrected chi connectivity index (χ4v) is 16.1. The van der Waals surface area contributed by atoms with Crippen LogP contribution in [0.15, 0.2) is 438 Å². The van der Waals surface area contributed by atoms with Gasteiger partial charge in [0.2, 0.25) is 0 Å². The Morgan fingerprint density at radius 2 is 0.453 bits per heavy atom. The van der Waals surface area contributed by atoms with E-state index in [1.54, 1.807) is 0 Å². The van der Waals surface area contributed by atoms with Crippen LogP contribution in [0.3, 0.4) is 0 Å². The van der Waals surface area contributed by atoms with Crippen LogP contribution in [0, 0.1) is 62.4 Å². The minimum atomic E-state index is 0. The molecule has 0 saturated heterocycles. The molecule has 3 aliphatic carbocycles. The van der Waals surface area contributed by atoms with E-state index >= 15 is 0 Å². The number of aromatic nitrogens is 8. The maximum atomic E-state index is 4.53. The molecular weight excluding hydrogens is 2380 g/mol. The van der Waals surface area contributed by atoms with Crippen molar-refractivity contribution in [2.45, 2.75) is 84.5 Å². The zero-order chi connectivity index (χ0) is 90.5. The van der Waals surface area contributed by atoms with Gasteiger partial charge in [0.1, 0.15) is 0 Å². The van der Waals surface area contributed by atoms with Crippen molar-refractivity contribution in [3.63, 3.8) is 0 Å². The Labute approximate surface area is 862 Å². The molecule has 4 radical (unpaired) electrons. The summed E-state index contributed by atoms with van der Waals surface area (Å²) >= 11 is 0. The maximum absolute atomic E-state index is 4.53.